The van der Waals surface area contributed by atoms with Gasteiger partial charge >= 0.3 is 0 Å². The Morgan fingerprint density at radius 2 is 2.29 bits per heavy atom. The van der Waals surface area contributed by atoms with E-state index < -0.39 is 0 Å². The lowest BCUT2D eigenvalue weighted by Crippen LogP contribution is -2.18. The number of nitrogens with one attached hydrogen (secondary N) is 1. The molecule has 2 aromatic rings. The van der Waals surface area contributed by atoms with Crippen LogP contribution in [-0.2, 0) is 13.0 Å². The van der Waals surface area contributed by atoms with Gasteiger partial charge < -0.3 is 9.73 Å². The van der Waals surface area contributed by atoms with Crippen molar-refractivity contribution in [3.63, 3.8) is 0 Å². The Kier molecular flexibility index (Phi) is 3.86. The first kappa shape index (κ1) is 12.2. The summed E-state index contributed by atoms with van der Waals surface area (Å²) >= 11 is 1.70. The first-order chi connectivity index (χ1) is 8.19. The Balaban J connectivity index is 1.90. The molecule has 0 saturated heterocycles. The zero-order chi connectivity index (χ0) is 12.3. The quantitative estimate of drug-likeness (QED) is 0.884. The Labute approximate surface area is 104 Å². The van der Waals surface area contributed by atoms with E-state index in [0.717, 1.165) is 12.1 Å². The number of thiazole rings is 1. The van der Waals surface area contributed by atoms with Gasteiger partial charge in [0.15, 0.2) is 0 Å². The summed E-state index contributed by atoms with van der Waals surface area (Å²) in [7, 11) is 0. The molecule has 1 N–H and O–H groups in total. The molecule has 2 aromatic heterocycles. The topological polar surface area (TPSA) is 63.8 Å². The summed E-state index contributed by atoms with van der Waals surface area (Å²) in [5.41, 5.74) is 1.07. The molecule has 0 aliphatic carbocycles. The summed E-state index contributed by atoms with van der Waals surface area (Å²) < 4.78 is 5.29. The molecule has 92 valence electrons. The SMILES string of the molecule is CCc1nc([C@@H](C)NCc2nnc(C)o2)cs1. The summed E-state index contributed by atoms with van der Waals surface area (Å²) in [4.78, 5) is 4.54. The Bertz CT molecular complexity index is 479. The van der Waals surface area contributed by atoms with Crippen LogP contribution in [0.3, 0.4) is 0 Å². The summed E-state index contributed by atoms with van der Waals surface area (Å²) in [5.74, 6) is 1.21. The van der Waals surface area contributed by atoms with E-state index in [0.29, 0.717) is 18.3 Å². The minimum absolute atomic E-state index is 0.193. The molecule has 0 bridgehead atoms. The van der Waals surface area contributed by atoms with Crippen molar-refractivity contribution < 1.29 is 4.42 Å². The van der Waals surface area contributed by atoms with Gasteiger partial charge in [-0.1, -0.05) is 6.92 Å². The molecule has 2 rings (SSSR count). The van der Waals surface area contributed by atoms with Crippen LogP contribution in [0.2, 0.25) is 0 Å². The number of hydrogen-bond donors (Lipinski definition) is 1. The molecule has 6 heteroatoms. The molecule has 0 aliphatic heterocycles. The van der Waals surface area contributed by atoms with Gasteiger partial charge in [0.05, 0.1) is 17.2 Å². The molecule has 0 aliphatic rings. The van der Waals surface area contributed by atoms with E-state index in [2.05, 4.69) is 39.7 Å². The number of nitrogens with zero attached hydrogens (tertiary/aromatic N) is 3. The predicted molar refractivity (Wildman–Crippen MR) is 65.8 cm³/mol. The Hall–Kier alpha value is -1.27. The van der Waals surface area contributed by atoms with Gasteiger partial charge in [-0.15, -0.1) is 21.5 Å². The monoisotopic (exact) mass is 252 g/mol. The van der Waals surface area contributed by atoms with E-state index in [-0.39, 0.29) is 6.04 Å². The van der Waals surface area contributed by atoms with Crippen LogP contribution in [0.25, 0.3) is 0 Å². The zero-order valence-corrected chi connectivity index (χ0v) is 11.0. The van der Waals surface area contributed by atoms with Crippen molar-refractivity contribution in [3.05, 3.63) is 27.9 Å². The fourth-order valence-corrected chi connectivity index (χ4v) is 2.28. The Morgan fingerprint density at radius 3 is 2.88 bits per heavy atom. The second-order valence-electron chi connectivity index (χ2n) is 3.84. The smallest absolute Gasteiger partial charge is 0.230 e. The van der Waals surface area contributed by atoms with E-state index in [4.69, 9.17) is 4.42 Å². The average Bonchev–Trinajstić information content (AvgIpc) is 2.94. The predicted octanol–water partition coefficient (Wildman–Crippen LogP) is 2.25. The van der Waals surface area contributed by atoms with Crippen LogP contribution in [0.4, 0.5) is 0 Å². The summed E-state index contributed by atoms with van der Waals surface area (Å²) in [6.45, 7) is 6.55. The van der Waals surface area contributed by atoms with Crippen LogP contribution < -0.4 is 5.32 Å². The molecule has 0 fully saturated rings. The standard InChI is InChI=1S/C11H16N4OS/c1-4-11-13-9(6-17-11)7(2)12-5-10-15-14-8(3)16-10/h6-7,12H,4-5H2,1-3H3/t7-/m1/s1. The van der Waals surface area contributed by atoms with Crippen molar-refractivity contribution in [2.24, 2.45) is 0 Å². The lowest BCUT2D eigenvalue weighted by atomic mass is 10.2. The first-order valence-corrected chi connectivity index (χ1v) is 6.53. The van der Waals surface area contributed by atoms with Gasteiger partial charge in [0.25, 0.3) is 0 Å². The number of hydrogen-bond acceptors (Lipinski definition) is 6. The molecule has 0 spiro atoms. The molecular weight excluding hydrogens is 236 g/mol. The van der Waals surface area contributed by atoms with Crippen molar-refractivity contribution in [3.8, 4) is 0 Å². The number of aromatic nitrogens is 3. The molecule has 2 heterocycles. The highest BCUT2D eigenvalue weighted by Crippen LogP contribution is 2.17. The number of rotatable bonds is 5. The maximum Gasteiger partial charge on any atom is 0.230 e. The van der Waals surface area contributed by atoms with Gasteiger partial charge in [-0.3, -0.25) is 0 Å². The summed E-state index contributed by atoms with van der Waals surface area (Å²) in [5, 5.41) is 14.3. The van der Waals surface area contributed by atoms with Crippen LogP contribution in [-0.4, -0.2) is 15.2 Å². The van der Waals surface area contributed by atoms with E-state index in [1.807, 2.05) is 0 Å². The van der Waals surface area contributed by atoms with E-state index in [9.17, 15) is 0 Å². The largest absolute Gasteiger partial charge is 0.424 e. The third-order valence-electron chi connectivity index (χ3n) is 2.44. The highest BCUT2D eigenvalue weighted by Gasteiger charge is 2.10. The fourth-order valence-electron chi connectivity index (χ4n) is 1.44. The second kappa shape index (κ2) is 5.37. The van der Waals surface area contributed by atoms with Gasteiger partial charge in [-0.25, -0.2) is 4.98 Å². The van der Waals surface area contributed by atoms with Crippen molar-refractivity contribution in [2.45, 2.75) is 39.8 Å². The minimum Gasteiger partial charge on any atom is -0.424 e. The maximum absolute atomic E-state index is 5.29. The van der Waals surface area contributed by atoms with E-state index >= 15 is 0 Å². The summed E-state index contributed by atoms with van der Waals surface area (Å²) in [6.07, 6.45) is 0.986. The third kappa shape index (κ3) is 3.10. The van der Waals surface area contributed by atoms with Crippen molar-refractivity contribution >= 4 is 11.3 Å². The van der Waals surface area contributed by atoms with E-state index in [1.54, 1.807) is 18.3 Å². The second-order valence-corrected chi connectivity index (χ2v) is 4.78. The van der Waals surface area contributed by atoms with E-state index in [1.165, 1.54) is 5.01 Å². The Morgan fingerprint density at radius 1 is 1.47 bits per heavy atom. The molecule has 17 heavy (non-hydrogen) atoms. The molecule has 5 nitrogen and oxygen atoms in total. The zero-order valence-electron chi connectivity index (χ0n) is 10.2. The number of aryl methyl sites for hydroxylation is 2. The molecule has 0 saturated carbocycles. The van der Waals surface area contributed by atoms with Gasteiger partial charge in [-0.2, -0.15) is 0 Å². The highest BCUT2D eigenvalue weighted by molar-refractivity contribution is 7.09. The van der Waals surface area contributed by atoms with Gasteiger partial charge in [-0.05, 0) is 13.3 Å². The van der Waals surface area contributed by atoms with Crippen molar-refractivity contribution in [1.82, 2.24) is 20.5 Å². The third-order valence-corrected chi connectivity index (χ3v) is 3.45. The minimum atomic E-state index is 0.193. The fraction of sp³-hybridized carbons (Fsp3) is 0.545. The van der Waals surface area contributed by atoms with Crippen molar-refractivity contribution in [2.75, 3.05) is 0 Å². The maximum atomic E-state index is 5.29. The average molecular weight is 252 g/mol. The molecule has 0 unspecified atom stereocenters. The lowest BCUT2D eigenvalue weighted by molar-refractivity contribution is 0.429. The lowest BCUT2D eigenvalue weighted by Gasteiger charge is -2.08. The van der Waals surface area contributed by atoms with Crippen LogP contribution in [0.5, 0.6) is 0 Å². The first-order valence-electron chi connectivity index (χ1n) is 5.65. The molecule has 0 radical (unpaired) electrons. The van der Waals surface area contributed by atoms with Crippen molar-refractivity contribution in [1.29, 1.82) is 0 Å². The van der Waals surface area contributed by atoms with Gasteiger partial charge in [0, 0.05) is 18.3 Å². The van der Waals surface area contributed by atoms with Gasteiger partial charge in [0.1, 0.15) is 0 Å². The normalized spacial score (nSPS) is 12.9. The van der Waals surface area contributed by atoms with Crippen LogP contribution in [0.15, 0.2) is 9.80 Å². The van der Waals surface area contributed by atoms with Crippen LogP contribution in [0, 0.1) is 6.92 Å². The molecular formula is C11H16N4OS. The molecule has 0 aromatic carbocycles. The molecule has 1 atom stereocenters. The molecule has 0 amide bonds. The van der Waals surface area contributed by atoms with Crippen LogP contribution >= 0.6 is 11.3 Å². The highest BCUT2D eigenvalue weighted by atomic mass is 32.1. The van der Waals surface area contributed by atoms with Crippen LogP contribution in [0.1, 0.15) is 42.4 Å². The van der Waals surface area contributed by atoms with Gasteiger partial charge in [0.2, 0.25) is 11.8 Å². The summed E-state index contributed by atoms with van der Waals surface area (Å²) in [6, 6.07) is 0.193.